The molecule has 4 aromatic rings. The quantitative estimate of drug-likeness (QED) is 0.329. The first-order valence-corrected chi connectivity index (χ1v) is 12.8. The number of carbonyl (C=O) groups is 1. The predicted octanol–water partition coefficient (Wildman–Crippen LogP) is 5.92. The molecule has 5 rings (SSSR count). The van der Waals surface area contributed by atoms with Crippen LogP contribution < -0.4 is 4.90 Å². The fourth-order valence-corrected chi connectivity index (χ4v) is 5.13. The van der Waals surface area contributed by atoms with Gasteiger partial charge < -0.3 is 9.64 Å². The van der Waals surface area contributed by atoms with Crippen LogP contribution in [0.2, 0.25) is 0 Å². The molecule has 0 bridgehead atoms. The molecule has 36 heavy (non-hydrogen) atoms. The van der Waals surface area contributed by atoms with E-state index in [1.54, 1.807) is 6.33 Å². The maximum absolute atomic E-state index is 12.7. The maximum Gasteiger partial charge on any atom is 0.165 e. The van der Waals surface area contributed by atoms with Gasteiger partial charge >= 0.3 is 0 Å². The molecule has 1 fully saturated rings. The molecule has 1 saturated heterocycles. The first kappa shape index (κ1) is 24.1. The Hall–Kier alpha value is -3.58. The van der Waals surface area contributed by atoms with Crippen LogP contribution in [0.1, 0.15) is 50.9 Å². The maximum atomic E-state index is 12.7. The number of Topliss-reactive ketones (excluding diaryl/α,β-unsaturated/α-hetero) is 1. The van der Waals surface area contributed by atoms with Crippen molar-refractivity contribution in [2.75, 3.05) is 18.0 Å². The molecule has 7 heteroatoms. The lowest BCUT2D eigenvalue weighted by Crippen LogP contribution is -2.45. The Balaban J connectivity index is 1.45. The van der Waals surface area contributed by atoms with E-state index in [2.05, 4.69) is 64.9 Å². The molecule has 0 saturated carbocycles. The summed E-state index contributed by atoms with van der Waals surface area (Å²) >= 11 is 0. The summed E-state index contributed by atoms with van der Waals surface area (Å²) in [5.74, 6) is 1.19. The van der Waals surface area contributed by atoms with E-state index in [1.165, 1.54) is 0 Å². The Bertz CT molecular complexity index is 1350. The number of H-pyrrole nitrogens is 1. The second-order valence-electron chi connectivity index (χ2n) is 9.71. The van der Waals surface area contributed by atoms with E-state index >= 15 is 0 Å². The number of hydrogen-bond acceptors (Lipinski definition) is 6. The van der Waals surface area contributed by atoms with Gasteiger partial charge in [0.25, 0.3) is 0 Å². The number of rotatable bonds is 7. The topological polar surface area (TPSA) is 84.0 Å². The van der Waals surface area contributed by atoms with Crippen LogP contribution in [0.5, 0.6) is 0 Å². The average molecular weight is 484 g/mol. The van der Waals surface area contributed by atoms with Crippen molar-refractivity contribution in [3.63, 3.8) is 0 Å². The molecule has 2 atom stereocenters. The van der Waals surface area contributed by atoms with Crippen molar-refractivity contribution in [1.29, 1.82) is 0 Å². The Labute approximate surface area is 211 Å². The smallest absolute Gasteiger partial charge is 0.165 e. The largest absolute Gasteiger partial charge is 0.372 e. The van der Waals surface area contributed by atoms with Crippen LogP contribution in [0.4, 0.5) is 5.82 Å². The second-order valence-corrected chi connectivity index (χ2v) is 9.71. The summed E-state index contributed by atoms with van der Waals surface area (Å²) in [6, 6.07) is 16.2. The third-order valence-electron chi connectivity index (χ3n) is 7.06. The summed E-state index contributed by atoms with van der Waals surface area (Å²) in [5, 5.41) is 8.73. The fourth-order valence-electron chi connectivity index (χ4n) is 5.13. The standard InChI is InChI=1S/C29H33N5O2/c1-5-20(6-2)29(35)22-9-7-21(8-10-22)23-11-12-25-24(13-23)28(33-32-25)26-14-27(31-17-30-26)34-15-18(3)36-19(4)16-34/h7-14,17-20H,5-6,15-16H2,1-4H3,(H,32,33)/t18-,19+. The molecule has 2 aromatic heterocycles. The number of fused-ring (bicyclic) bond motifs is 1. The number of benzene rings is 2. The molecule has 186 valence electrons. The number of morpholine rings is 1. The highest BCUT2D eigenvalue weighted by molar-refractivity contribution is 5.99. The lowest BCUT2D eigenvalue weighted by atomic mass is 9.92. The van der Waals surface area contributed by atoms with Gasteiger partial charge in [0.2, 0.25) is 0 Å². The predicted molar refractivity (Wildman–Crippen MR) is 143 cm³/mol. The van der Waals surface area contributed by atoms with E-state index in [-0.39, 0.29) is 23.9 Å². The summed E-state index contributed by atoms with van der Waals surface area (Å²) in [7, 11) is 0. The third-order valence-corrected chi connectivity index (χ3v) is 7.06. The van der Waals surface area contributed by atoms with E-state index in [0.29, 0.717) is 0 Å². The summed E-state index contributed by atoms with van der Waals surface area (Å²) in [4.78, 5) is 24.1. The number of ether oxygens (including phenoxy) is 1. The van der Waals surface area contributed by atoms with Gasteiger partial charge in [-0.3, -0.25) is 9.89 Å². The lowest BCUT2D eigenvalue weighted by Gasteiger charge is -2.36. The molecule has 1 N–H and O–H groups in total. The number of nitrogens with one attached hydrogen (secondary N) is 1. The van der Waals surface area contributed by atoms with E-state index < -0.39 is 0 Å². The number of nitrogens with zero attached hydrogens (tertiary/aromatic N) is 4. The molecule has 0 unspecified atom stereocenters. The van der Waals surface area contributed by atoms with Crippen molar-refractivity contribution in [1.82, 2.24) is 20.2 Å². The van der Waals surface area contributed by atoms with E-state index in [9.17, 15) is 4.79 Å². The van der Waals surface area contributed by atoms with Crippen molar-refractivity contribution in [2.24, 2.45) is 5.92 Å². The van der Waals surface area contributed by atoms with Crippen LogP contribution in [0.3, 0.4) is 0 Å². The van der Waals surface area contributed by atoms with Crippen LogP contribution in [0.15, 0.2) is 54.9 Å². The van der Waals surface area contributed by atoms with Gasteiger partial charge in [-0.2, -0.15) is 5.10 Å². The van der Waals surface area contributed by atoms with Crippen LogP contribution >= 0.6 is 0 Å². The van der Waals surface area contributed by atoms with Gasteiger partial charge in [-0.05, 0) is 49.9 Å². The van der Waals surface area contributed by atoms with E-state index in [0.717, 1.165) is 70.7 Å². The van der Waals surface area contributed by atoms with E-state index in [1.807, 2.05) is 36.4 Å². The van der Waals surface area contributed by atoms with Crippen molar-refractivity contribution < 1.29 is 9.53 Å². The summed E-state index contributed by atoms with van der Waals surface area (Å²) in [6.45, 7) is 9.90. The minimum atomic E-state index is 0.0855. The first-order valence-electron chi connectivity index (χ1n) is 12.8. The second kappa shape index (κ2) is 10.2. The summed E-state index contributed by atoms with van der Waals surface area (Å²) in [6.07, 6.45) is 3.64. The minimum Gasteiger partial charge on any atom is -0.372 e. The highest BCUT2D eigenvalue weighted by Crippen LogP contribution is 2.31. The Morgan fingerprint density at radius 3 is 2.39 bits per heavy atom. The van der Waals surface area contributed by atoms with Gasteiger partial charge in [0, 0.05) is 36.0 Å². The molecule has 0 aliphatic carbocycles. The number of hydrogen-bond donors (Lipinski definition) is 1. The van der Waals surface area contributed by atoms with Gasteiger partial charge in [-0.1, -0.05) is 44.2 Å². The molecule has 7 nitrogen and oxygen atoms in total. The van der Waals surface area contributed by atoms with Crippen molar-refractivity contribution in [3.05, 3.63) is 60.4 Å². The van der Waals surface area contributed by atoms with Crippen LogP contribution in [0.25, 0.3) is 33.4 Å². The molecule has 0 radical (unpaired) electrons. The fraction of sp³-hybridized carbons (Fsp3) is 0.379. The lowest BCUT2D eigenvalue weighted by molar-refractivity contribution is -0.00546. The molecular formula is C29H33N5O2. The van der Waals surface area contributed by atoms with E-state index in [4.69, 9.17) is 4.74 Å². The first-order chi connectivity index (χ1) is 17.5. The average Bonchev–Trinajstić information content (AvgIpc) is 3.32. The molecule has 3 heterocycles. The SMILES string of the molecule is CCC(CC)C(=O)c1ccc(-c2ccc3[nH]nc(-c4cc(N5C[C@@H](C)O[C@@H](C)C5)ncn4)c3c2)cc1. The number of aromatic nitrogens is 4. The summed E-state index contributed by atoms with van der Waals surface area (Å²) < 4.78 is 5.88. The normalized spacial score (nSPS) is 18.2. The minimum absolute atomic E-state index is 0.0855. The molecule has 1 aliphatic heterocycles. The zero-order chi connectivity index (χ0) is 25.2. The molecule has 1 aliphatic rings. The molecular weight excluding hydrogens is 450 g/mol. The number of carbonyl (C=O) groups excluding carboxylic acids is 1. The van der Waals surface area contributed by atoms with Crippen molar-refractivity contribution in [2.45, 2.75) is 52.7 Å². The van der Waals surface area contributed by atoms with Gasteiger partial charge in [0.05, 0.1) is 23.4 Å². The van der Waals surface area contributed by atoms with Crippen LogP contribution in [-0.2, 0) is 4.74 Å². The molecule has 0 amide bonds. The van der Waals surface area contributed by atoms with Gasteiger partial charge in [-0.25, -0.2) is 9.97 Å². The summed E-state index contributed by atoms with van der Waals surface area (Å²) in [5.41, 5.74) is 5.43. The number of anilines is 1. The highest BCUT2D eigenvalue weighted by atomic mass is 16.5. The van der Waals surface area contributed by atoms with Crippen LogP contribution in [0, 0.1) is 5.92 Å². The van der Waals surface area contributed by atoms with Gasteiger partial charge in [-0.15, -0.1) is 0 Å². The zero-order valence-electron chi connectivity index (χ0n) is 21.4. The number of ketones is 1. The Morgan fingerprint density at radius 2 is 1.69 bits per heavy atom. The Kier molecular flexibility index (Phi) is 6.83. The monoisotopic (exact) mass is 483 g/mol. The van der Waals surface area contributed by atoms with Gasteiger partial charge in [0.1, 0.15) is 17.8 Å². The van der Waals surface area contributed by atoms with Crippen molar-refractivity contribution in [3.8, 4) is 22.5 Å². The van der Waals surface area contributed by atoms with Gasteiger partial charge in [0.15, 0.2) is 5.78 Å². The highest BCUT2D eigenvalue weighted by Gasteiger charge is 2.24. The zero-order valence-corrected chi connectivity index (χ0v) is 21.4. The van der Waals surface area contributed by atoms with Crippen LogP contribution in [-0.4, -0.2) is 51.2 Å². The molecule has 0 spiro atoms. The van der Waals surface area contributed by atoms with Crippen molar-refractivity contribution >= 4 is 22.5 Å². The third kappa shape index (κ3) is 4.75. The Morgan fingerprint density at radius 1 is 1.00 bits per heavy atom. The molecule has 2 aromatic carbocycles. The number of aromatic amines is 1.